The smallest absolute Gasteiger partial charge is 0.162 e. The Morgan fingerprint density at radius 2 is 2.22 bits per heavy atom. The molecule has 0 bridgehead atoms. The Hall–Kier alpha value is -0.470. The van der Waals surface area contributed by atoms with E-state index in [1.807, 2.05) is 7.05 Å². The molecule has 0 amide bonds. The molecule has 5 nitrogen and oxygen atoms in total. The van der Waals surface area contributed by atoms with Gasteiger partial charge in [-0.3, -0.25) is 0 Å². The molecule has 1 aromatic heterocycles. The van der Waals surface area contributed by atoms with Crippen LogP contribution in [0.1, 0.15) is 31.0 Å². The van der Waals surface area contributed by atoms with Crippen LogP contribution in [0.5, 0.6) is 0 Å². The molecule has 1 aromatic rings. The van der Waals surface area contributed by atoms with E-state index in [2.05, 4.69) is 44.8 Å². The van der Waals surface area contributed by atoms with Crippen LogP contribution in [0.25, 0.3) is 0 Å². The lowest BCUT2D eigenvalue weighted by atomic mass is 10.2. The molecular formula is C12H18IN3O2. The number of aryl methyl sites for hydroxylation is 1. The minimum Gasteiger partial charge on any atom is -0.376 e. The van der Waals surface area contributed by atoms with Gasteiger partial charge in [-0.05, 0) is 29.0 Å². The van der Waals surface area contributed by atoms with Crippen LogP contribution >= 0.6 is 22.6 Å². The molecule has 1 unspecified atom stereocenters. The second-order valence-corrected chi connectivity index (χ2v) is 5.20. The quantitative estimate of drug-likeness (QED) is 0.831. The van der Waals surface area contributed by atoms with E-state index in [1.54, 1.807) is 0 Å². The van der Waals surface area contributed by atoms with E-state index >= 15 is 0 Å². The lowest BCUT2D eigenvalue weighted by molar-refractivity contribution is -0.0935. The number of hydrogen-bond acceptors (Lipinski definition) is 5. The lowest BCUT2D eigenvalue weighted by Gasteiger charge is -2.23. The first kappa shape index (κ1) is 14.0. The summed E-state index contributed by atoms with van der Waals surface area (Å²) in [5.41, 5.74) is 1.08. The van der Waals surface area contributed by atoms with Crippen LogP contribution in [0.3, 0.4) is 0 Å². The summed E-state index contributed by atoms with van der Waals surface area (Å²) in [4.78, 5) is 9.15. The van der Waals surface area contributed by atoms with Crippen molar-refractivity contribution >= 4 is 28.4 Å². The summed E-state index contributed by atoms with van der Waals surface area (Å²) in [5.74, 6) is 1.60. The second-order valence-electron chi connectivity index (χ2n) is 4.13. The first-order valence-corrected chi connectivity index (χ1v) is 7.27. The molecule has 1 saturated heterocycles. The lowest BCUT2D eigenvalue weighted by Crippen LogP contribution is -2.24. The molecule has 18 heavy (non-hydrogen) atoms. The first-order valence-electron chi connectivity index (χ1n) is 6.19. The van der Waals surface area contributed by atoms with Gasteiger partial charge in [-0.2, -0.15) is 0 Å². The van der Waals surface area contributed by atoms with Crippen molar-refractivity contribution in [1.82, 2.24) is 9.97 Å². The Balaban J connectivity index is 2.31. The number of nitrogens with one attached hydrogen (secondary N) is 1. The average Bonchev–Trinajstić information content (AvgIpc) is 2.42. The topological polar surface area (TPSA) is 56.3 Å². The molecule has 1 N–H and O–H groups in total. The van der Waals surface area contributed by atoms with E-state index < -0.39 is 0 Å². The fourth-order valence-electron chi connectivity index (χ4n) is 1.86. The Labute approximate surface area is 121 Å². The third-order valence-electron chi connectivity index (χ3n) is 2.76. The SMILES string of the molecule is CCCc1nc(C2COCCO2)nc(NC)c1I. The monoisotopic (exact) mass is 363 g/mol. The van der Waals surface area contributed by atoms with Crippen LogP contribution in [-0.4, -0.2) is 36.8 Å². The van der Waals surface area contributed by atoms with Crippen molar-refractivity contribution in [2.75, 3.05) is 32.2 Å². The van der Waals surface area contributed by atoms with Gasteiger partial charge in [0.1, 0.15) is 11.9 Å². The van der Waals surface area contributed by atoms with Crippen LogP contribution in [0, 0.1) is 3.57 Å². The summed E-state index contributed by atoms with van der Waals surface area (Å²) < 4.78 is 12.2. The summed E-state index contributed by atoms with van der Waals surface area (Å²) >= 11 is 2.29. The van der Waals surface area contributed by atoms with Gasteiger partial charge < -0.3 is 14.8 Å². The zero-order chi connectivity index (χ0) is 13.0. The number of rotatable bonds is 4. The number of anilines is 1. The summed E-state index contributed by atoms with van der Waals surface area (Å²) in [6.07, 6.45) is 1.88. The van der Waals surface area contributed by atoms with Crippen LogP contribution < -0.4 is 5.32 Å². The van der Waals surface area contributed by atoms with Crippen LogP contribution in [0.4, 0.5) is 5.82 Å². The fraction of sp³-hybridized carbons (Fsp3) is 0.667. The molecular weight excluding hydrogens is 345 g/mol. The maximum absolute atomic E-state index is 5.66. The van der Waals surface area contributed by atoms with Gasteiger partial charge in [0, 0.05) is 7.05 Å². The maximum Gasteiger partial charge on any atom is 0.162 e. The molecule has 1 aliphatic heterocycles. The number of aromatic nitrogens is 2. The summed E-state index contributed by atoms with van der Waals surface area (Å²) in [6.45, 7) is 3.95. The molecule has 6 heteroatoms. The normalized spacial score (nSPS) is 19.8. The van der Waals surface area contributed by atoms with E-state index in [4.69, 9.17) is 9.47 Å². The fourth-order valence-corrected chi connectivity index (χ4v) is 2.64. The van der Waals surface area contributed by atoms with E-state index in [1.165, 1.54) is 0 Å². The second kappa shape index (κ2) is 6.63. The molecule has 0 spiro atoms. The molecule has 0 saturated carbocycles. The van der Waals surface area contributed by atoms with Gasteiger partial charge in [0.2, 0.25) is 0 Å². The Kier molecular flexibility index (Phi) is 5.13. The molecule has 1 fully saturated rings. The van der Waals surface area contributed by atoms with Crippen molar-refractivity contribution < 1.29 is 9.47 Å². The zero-order valence-corrected chi connectivity index (χ0v) is 12.9. The van der Waals surface area contributed by atoms with Crippen LogP contribution in [-0.2, 0) is 15.9 Å². The molecule has 0 aromatic carbocycles. The van der Waals surface area contributed by atoms with Crippen molar-refractivity contribution in [2.24, 2.45) is 0 Å². The van der Waals surface area contributed by atoms with Crippen molar-refractivity contribution in [2.45, 2.75) is 25.9 Å². The third-order valence-corrected chi connectivity index (χ3v) is 3.90. The van der Waals surface area contributed by atoms with Crippen molar-refractivity contribution in [3.63, 3.8) is 0 Å². The molecule has 1 aliphatic rings. The standard InChI is InChI=1S/C12H18IN3O2/c1-3-4-8-10(13)12(14-2)16-11(15-8)9-7-17-5-6-18-9/h9H,3-7H2,1-2H3,(H,14,15,16). The number of ether oxygens (including phenoxy) is 2. The summed E-state index contributed by atoms with van der Waals surface area (Å²) in [6, 6.07) is 0. The van der Waals surface area contributed by atoms with Crippen molar-refractivity contribution in [1.29, 1.82) is 0 Å². The van der Waals surface area contributed by atoms with Gasteiger partial charge in [-0.15, -0.1) is 0 Å². The molecule has 1 atom stereocenters. The Morgan fingerprint density at radius 1 is 1.39 bits per heavy atom. The van der Waals surface area contributed by atoms with Gasteiger partial charge in [0.15, 0.2) is 5.82 Å². The first-order chi connectivity index (χ1) is 8.76. The number of halogens is 1. The van der Waals surface area contributed by atoms with Gasteiger partial charge in [0.05, 0.1) is 29.1 Å². The highest BCUT2D eigenvalue weighted by Crippen LogP contribution is 2.24. The third kappa shape index (κ3) is 3.10. The molecule has 100 valence electrons. The number of hydrogen-bond donors (Lipinski definition) is 1. The van der Waals surface area contributed by atoms with E-state index in [9.17, 15) is 0 Å². The minimum absolute atomic E-state index is 0.140. The van der Waals surface area contributed by atoms with Crippen molar-refractivity contribution in [3.05, 3.63) is 15.1 Å². The summed E-state index contributed by atoms with van der Waals surface area (Å²) in [5, 5.41) is 3.12. The zero-order valence-electron chi connectivity index (χ0n) is 10.7. The molecule has 0 aliphatic carbocycles. The minimum atomic E-state index is -0.140. The van der Waals surface area contributed by atoms with E-state index in [-0.39, 0.29) is 6.10 Å². The molecule has 2 rings (SSSR count). The van der Waals surface area contributed by atoms with E-state index in [0.717, 1.165) is 33.7 Å². The highest BCUT2D eigenvalue weighted by molar-refractivity contribution is 14.1. The largest absolute Gasteiger partial charge is 0.376 e. The predicted octanol–water partition coefficient (Wildman–Crippen LogP) is 2.16. The highest BCUT2D eigenvalue weighted by Gasteiger charge is 2.22. The van der Waals surface area contributed by atoms with Gasteiger partial charge in [-0.25, -0.2) is 9.97 Å². The van der Waals surface area contributed by atoms with E-state index in [0.29, 0.717) is 19.8 Å². The van der Waals surface area contributed by atoms with Crippen LogP contribution in [0.15, 0.2) is 0 Å². The van der Waals surface area contributed by atoms with Gasteiger partial charge >= 0.3 is 0 Å². The van der Waals surface area contributed by atoms with Gasteiger partial charge in [0.25, 0.3) is 0 Å². The van der Waals surface area contributed by atoms with Gasteiger partial charge in [-0.1, -0.05) is 13.3 Å². The maximum atomic E-state index is 5.66. The predicted molar refractivity (Wildman–Crippen MR) is 77.8 cm³/mol. The molecule has 0 radical (unpaired) electrons. The average molecular weight is 363 g/mol. The Bertz CT molecular complexity index is 409. The van der Waals surface area contributed by atoms with Crippen molar-refractivity contribution in [3.8, 4) is 0 Å². The highest BCUT2D eigenvalue weighted by atomic mass is 127. The summed E-state index contributed by atoms with van der Waals surface area (Å²) in [7, 11) is 1.88. The molecule has 2 heterocycles. The Morgan fingerprint density at radius 3 is 2.83 bits per heavy atom. The number of nitrogens with zero attached hydrogens (tertiary/aromatic N) is 2. The van der Waals surface area contributed by atoms with Crippen LogP contribution in [0.2, 0.25) is 0 Å².